The number of benzene rings is 2. The van der Waals surface area contributed by atoms with Crippen LogP contribution in [0.3, 0.4) is 0 Å². The molecule has 2 aromatic rings. The summed E-state index contributed by atoms with van der Waals surface area (Å²) >= 11 is -0.190. The minimum absolute atomic E-state index is 0.0712. The Hall–Kier alpha value is -2.66. The molecule has 182 valence electrons. The number of hydrogen-bond acceptors (Lipinski definition) is 5. The Kier molecular flexibility index (Phi) is 6.36. The number of carboxylic acid groups (broad SMARTS) is 1. The molecule has 0 radical (unpaired) electrons. The summed E-state index contributed by atoms with van der Waals surface area (Å²) in [6.45, 7) is 6.22. The van der Waals surface area contributed by atoms with E-state index in [0.717, 1.165) is 5.56 Å². The maximum atomic E-state index is 13.7. The molecule has 0 bridgehead atoms. The second kappa shape index (κ2) is 8.84. The molecule has 34 heavy (non-hydrogen) atoms. The summed E-state index contributed by atoms with van der Waals surface area (Å²) in [5, 5.41) is 9.39. The van der Waals surface area contributed by atoms with E-state index in [4.69, 9.17) is 0 Å². The summed E-state index contributed by atoms with van der Waals surface area (Å²) in [6, 6.07) is 10.3. The van der Waals surface area contributed by atoms with Gasteiger partial charge in [0.1, 0.15) is 0 Å². The van der Waals surface area contributed by atoms with Crippen molar-refractivity contribution in [3.05, 3.63) is 65.9 Å². The van der Waals surface area contributed by atoms with E-state index in [1.165, 1.54) is 22.5 Å². The number of anilines is 1. The Morgan fingerprint density at radius 3 is 2.41 bits per heavy atom. The van der Waals surface area contributed by atoms with Crippen LogP contribution in [0.5, 0.6) is 0 Å². The van der Waals surface area contributed by atoms with Crippen LogP contribution >= 0.6 is 11.8 Å². The average Bonchev–Trinajstić information content (AvgIpc) is 3.17. The van der Waals surface area contributed by atoms with Gasteiger partial charge in [0, 0.05) is 22.8 Å². The number of thioether (sulfide) groups is 1. The Balaban J connectivity index is 1.56. The predicted molar refractivity (Wildman–Crippen MR) is 123 cm³/mol. The first-order valence-electron chi connectivity index (χ1n) is 10.5. The summed E-state index contributed by atoms with van der Waals surface area (Å²) in [4.78, 5) is 13.5. The van der Waals surface area contributed by atoms with Gasteiger partial charge in [0.15, 0.2) is 0 Å². The van der Waals surface area contributed by atoms with Crippen molar-refractivity contribution < 1.29 is 31.5 Å². The minimum Gasteiger partial charge on any atom is -0.481 e. The molecule has 2 aliphatic rings. The lowest BCUT2D eigenvalue weighted by atomic mass is 10.1. The molecule has 0 aromatic heterocycles. The van der Waals surface area contributed by atoms with Crippen LogP contribution in [0.15, 0.2) is 64.5 Å². The van der Waals surface area contributed by atoms with Gasteiger partial charge < -0.3 is 10.0 Å². The first-order chi connectivity index (χ1) is 15.9. The smallest absolute Gasteiger partial charge is 0.446 e. The number of nitrogens with zero attached hydrogens (tertiary/aromatic N) is 2. The number of carbonyl (C=O) groups is 1. The molecule has 2 aromatic carbocycles. The third-order valence-electron chi connectivity index (χ3n) is 6.04. The molecule has 0 amide bonds. The Labute approximate surface area is 200 Å². The van der Waals surface area contributed by atoms with Gasteiger partial charge in [-0.05, 0) is 73.0 Å². The topological polar surface area (TPSA) is 77.9 Å². The van der Waals surface area contributed by atoms with E-state index in [2.05, 4.69) is 6.58 Å². The van der Waals surface area contributed by atoms with Crippen LogP contribution in [0, 0.1) is 5.92 Å². The highest BCUT2D eigenvalue weighted by molar-refractivity contribution is 8.00. The fraction of sp³-hybridized carbons (Fsp3) is 0.348. The summed E-state index contributed by atoms with van der Waals surface area (Å²) in [7, 11) is -3.98. The largest absolute Gasteiger partial charge is 0.481 e. The lowest BCUT2D eigenvalue weighted by molar-refractivity contribution is -0.141. The summed E-state index contributed by atoms with van der Waals surface area (Å²) in [6.07, 6.45) is 0.449. The maximum absolute atomic E-state index is 13.7. The van der Waals surface area contributed by atoms with Crippen LogP contribution in [-0.2, 0) is 27.7 Å². The zero-order valence-electron chi connectivity index (χ0n) is 18.2. The molecule has 1 saturated heterocycles. The van der Waals surface area contributed by atoms with Crippen molar-refractivity contribution in [2.24, 2.45) is 5.92 Å². The Morgan fingerprint density at radius 2 is 1.82 bits per heavy atom. The van der Waals surface area contributed by atoms with Crippen LogP contribution in [0.4, 0.5) is 18.9 Å². The second-order valence-electron chi connectivity index (χ2n) is 8.48. The van der Waals surface area contributed by atoms with Gasteiger partial charge in [-0.1, -0.05) is 18.7 Å². The van der Waals surface area contributed by atoms with E-state index in [-0.39, 0.29) is 34.5 Å². The van der Waals surface area contributed by atoms with E-state index in [0.29, 0.717) is 29.9 Å². The summed E-state index contributed by atoms with van der Waals surface area (Å²) < 4.78 is 66.3. The number of hydrogen-bond donors (Lipinski definition) is 1. The van der Waals surface area contributed by atoms with Crippen molar-refractivity contribution in [3.63, 3.8) is 0 Å². The minimum atomic E-state index is -4.37. The van der Waals surface area contributed by atoms with E-state index < -0.39 is 33.5 Å². The molecule has 1 aliphatic carbocycles. The van der Waals surface area contributed by atoms with Gasteiger partial charge in [0.2, 0.25) is 0 Å². The van der Waals surface area contributed by atoms with Crippen LogP contribution in [0.2, 0.25) is 0 Å². The molecule has 1 unspecified atom stereocenters. The number of piperazine rings is 1. The molecular formula is C23H23F3N2O4S2. The highest BCUT2D eigenvalue weighted by Crippen LogP contribution is 2.39. The maximum Gasteiger partial charge on any atom is 0.446 e. The van der Waals surface area contributed by atoms with E-state index in [1.807, 2.05) is 4.90 Å². The van der Waals surface area contributed by atoms with Crippen LogP contribution in [0.25, 0.3) is 0 Å². The SMILES string of the molecule is C=C1CN(c2ccc(SC(F)(F)F)cc2)C[C@@H](C)N1S(=O)(=O)c1cccc2c1CC(C(=O)O)C2. The zero-order chi connectivity index (χ0) is 24.8. The van der Waals surface area contributed by atoms with Gasteiger partial charge in [0.05, 0.1) is 23.4 Å². The van der Waals surface area contributed by atoms with Crippen molar-refractivity contribution in [3.8, 4) is 0 Å². The third kappa shape index (κ3) is 4.76. The normalized spacial score (nSPS) is 21.0. The van der Waals surface area contributed by atoms with Crippen LogP contribution in [0.1, 0.15) is 18.1 Å². The number of rotatable bonds is 5. The molecule has 1 aliphatic heterocycles. The fourth-order valence-corrected chi connectivity index (χ4v) is 7.13. The van der Waals surface area contributed by atoms with Crippen molar-refractivity contribution in [1.29, 1.82) is 0 Å². The van der Waals surface area contributed by atoms with Crippen molar-refractivity contribution in [1.82, 2.24) is 4.31 Å². The van der Waals surface area contributed by atoms with E-state index in [9.17, 15) is 31.5 Å². The number of sulfonamides is 1. The first-order valence-corrected chi connectivity index (χ1v) is 12.8. The number of carboxylic acids is 1. The lowest BCUT2D eigenvalue weighted by Crippen LogP contribution is -2.52. The molecule has 2 atom stereocenters. The number of aliphatic carboxylic acids is 1. The molecule has 1 heterocycles. The van der Waals surface area contributed by atoms with Gasteiger partial charge in [0.25, 0.3) is 10.0 Å². The zero-order valence-corrected chi connectivity index (χ0v) is 19.9. The predicted octanol–water partition coefficient (Wildman–Crippen LogP) is 4.51. The molecule has 1 N–H and O–H groups in total. The highest BCUT2D eigenvalue weighted by atomic mass is 32.2. The molecular weight excluding hydrogens is 489 g/mol. The second-order valence-corrected chi connectivity index (χ2v) is 11.4. The molecule has 1 fully saturated rings. The average molecular weight is 513 g/mol. The standard InChI is InChI=1S/C23H23F3N2O4S2/c1-14-12-27(18-6-8-19(9-7-18)33-23(24,25)26)13-15(2)28(14)34(31,32)21-5-3-4-16-10-17(22(29)30)11-20(16)21/h3-9,15,17H,1,10-13H2,2H3,(H,29,30)/t15-,17?/m1/s1. The summed E-state index contributed by atoms with van der Waals surface area (Å²) in [5.74, 6) is -1.60. The van der Waals surface area contributed by atoms with Gasteiger partial charge in [-0.25, -0.2) is 8.42 Å². The number of alkyl halides is 3. The van der Waals surface area contributed by atoms with Gasteiger partial charge in [-0.2, -0.15) is 13.2 Å². The Bertz CT molecular complexity index is 1230. The quantitative estimate of drug-likeness (QED) is 0.594. The third-order valence-corrected chi connectivity index (χ3v) is 8.85. The van der Waals surface area contributed by atoms with Gasteiger partial charge >= 0.3 is 11.5 Å². The van der Waals surface area contributed by atoms with E-state index in [1.54, 1.807) is 31.2 Å². The highest BCUT2D eigenvalue weighted by Gasteiger charge is 2.39. The molecule has 6 nitrogen and oxygen atoms in total. The number of halogens is 3. The fourth-order valence-electron chi connectivity index (χ4n) is 4.66. The van der Waals surface area contributed by atoms with Crippen molar-refractivity contribution >= 4 is 33.4 Å². The Morgan fingerprint density at radius 1 is 1.15 bits per heavy atom. The van der Waals surface area contributed by atoms with Gasteiger partial charge in [-0.3, -0.25) is 9.10 Å². The van der Waals surface area contributed by atoms with Crippen LogP contribution < -0.4 is 4.90 Å². The van der Waals surface area contributed by atoms with E-state index >= 15 is 0 Å². The lowest BCUT2D eigenvalue weighted by Gasteiger charge is -2.42. The summed E-state index contributed by atoms with van der Waals surface area (Å²) in [5.41, 5.74) is -2.11. The van der Waals surface area contributed by atoms with Crippen molar-refractivity contribution in [2.75, 3.05) is 18.0 Å². The number of fused-ring (bicyclic) bond motifs is 1. The molecule has 11 heteroatoms. The van der Waals surface area contributed by atoms with Crippen molar-refractivity contribution in [2.45, 2.75) is 41.1 Å². The molecule has 0 spiro atoms. The first kappa shape index (κ1) is 24.5. The van der Waals surface area contributed by atoms with Gasteiger partial charge in [-0.15, -0.1) is 0 Å². The molecule has 0 saturated carbocycles. The van der Waals surface area contributed by atoms with Crippen LogP contribution in [-0.4, -0.2) is 48.4 Å². The monoisotopic (exact) mass is 512 g/mol. The molecule has 4 rings (SSSR count).